The Labute approximate surface area is 114 Å². The third-order valence-electron chi connectivity index (χ3n) is 3.32. The van der Waals surface area contributed by atoms with E-state index in [0.29, 0.717) is 22.3 Å². The summed E-state index contributed by atoms with van der Waals surface area (Å²) in [6.07, 6.45) is 5.26. The smallest absolute Gasteiger partial charge is 0.195 e. The highest BCUT2D eigenvalue weighted by molar-refractivity contribution is 9.10. The molecule has 0 radical (unpaired) electrons. The van der Waals surface area contributed by atoms with Gasteiger partial charge in [0.2, 0.25) is 0 Å². The summed E-state index contributed by atoms with van der Waals surface area (Å²) in [6.45, 7) is 0. The molecular weight excluding hydrogens is 294 g/mol. The number of hydrogen-bond donors (Lipinski definition) is 1. The van der Waals surface area contributed by atoms with Gasteiger partial charge >= 0.3 is 0 Å². The molecule has 3 rings (SSSR count). The largest absolute Gasteiger partial charge is 0.446 e. The van der Waals surface area contributed by atoms with Crippen LogP contribution in [0.2, 0.25) is 0 Å². The van der Waals surface area contributed by atoms with E-state index in [1.54, 1.807) is 0 Å². The van der Waals surface area contributed by atoms with Gasteiger partial charge in [0.15, 0.2) is 16.3 Å². The van der Waals surface area contributed by atoms with Gasteiger partial charge in [-0.15, -0.1) is 0 Å². The van der Waals surface area contributed by atoms with E-state index in [0.717, 1.165) is 25.0 Å². The van der Waals surface area contributed by atoms with Gasteiger partial charge in [-0.05, 0) is 54.4 Å². The van der Waals surface area contributed by atoms with Gasteiger partial charge in [-0.1, -0.05) is 0 Å². The molecule has 1 N–H and O–H groups in total. The molecule has 0 saturated heterocycles. The summed E-state index contributed by atoms with van der Waals surface area (Å²) in [7, 11) is 1.98. The van der Waals surface area contributed by atoms with Crippen molar-refractivity contribution in [2.75, 3.05) is 7.05 Å². The van der Waals surface area contributed by atoms with Crippen molar-refractivity contribution in [3.8, 4) is 11.6 Å². The quantitative estimate of drug-likeness (QED) is 0.926. The number of nitrogens with zero attached hydrogens (tertiary/aromatic N) is 2. The van der Waals surface area contributed by atoms with Gasteiger partial charge in [0.05, 0.1) is 0 Å². The van der Waals surface area contributed by atoms with E-state index in [9.17, 15) is 0 Å². The SMILES string of the molecule is CNC1CCCc2nc(-c3ccc(Br)o3)ncc21. The topological polar surface area (TPSA) is 51.0 Å². The highest BCUT2D eigenvalue weighted by atomic mass is 79.9. The number of rotatable bonds is 2. The Balaban J connectivity index is 2.00. The fourth-order valence-electron chi connectivity index (χ4n) is 2.40. The molecule has 0 fully saturated rings. The number of nitrogens with one attached hydrogen (secondary N) is 1. The maximum Gasteiger partial charge on any atom is 0.195 e. The Hall–Kier alpha value is -1.20. The van der Waals surface area contributed by atoms with Gasteiger partial charge in [-0.3, -0.25) is 0 Å². The first-order valence-electron chi connectivity index (χ1n) is 6.06. The number of furan rings is 1. The lowest BCUT2D eigenvalue weighted by molar-refractivity contribution is 0.486. The van der Waals surface area contributed by atoms with E-state index in [-0.39, 0.29) is 0 Å². The summed E-state index contributed by atoms with van der Waals surface area (Å²) >= 11 is 3.29. The molecule has 0 saturated carbocycles. The second kappa shape index (κ2) is 4.82. The van der Waals surface area contributed by atoms with Crippen molar-refractivity contribution in [2.45, 2.75) is 25.3 Å². The minimum absolute atomic E-state index is 0.381. The highest BCUT2D eigenvalue weighted by Gasteiger charge is 2.21. The standard InChI is InChI=1S/C13H14BrN3O/c1-15-9-3-2-4-10-8(9)7-16-13(17-10)11-5-6-12(14)18-11/h5-7,9,15H,2-4H2,1H3. The minimum atomic E-state index is 0.381. The molecule has 5 heteroatoms. The van der Waals surface area contributed by atoms with Gasteiger partial charge in [0.25, 0.3) is 0 Å². The number of aryl methyl sites for hydroxylation is 1. The molecule has 0 aromatic carbocycles. The fraction of sp³-hybridized carbons (Fsp3) is 0.385. The minimum Gasteiger partial charge on any atom is -0.446 e. The normalized spacial score (nSPS) is 18.7. The summed E-state index contributed by atoms with van der Waals surface area (Å²) in [5, 5.41) is 3.31. The zero-order valence-corrected chi connectivity index (χ0v) is 11.7. The predicted octanol–water partition coefficient (Wildman–Crippen LogP) is 3.10. The monoisotopic (exact) mass is 307 g/mol. The first kappa shape index (κ1) is 11.9. The second-order valence-electron chi connectivity index (χ2n) is 4.43. The Morgan fingerprint density at radius 1 is 1.44 bits per heavy atom. The lowest BCUT2D eigenvalue weighted by atomic mass is 9.92. The molecule has 2 aromatic heterocycles. The van der Waals surface area contributed by atoms with E-state index in [1.807, 2.05) is 25.4 Å². The number of fused-ring (bicyclic) bond motifs is 1. The predicted molar refractivity (Wildman–Crippen MR) is 72.2 cm³/mol. The zero-order chi connectivity index (χ0) is 12.5. The van der Waals surface area contributed by atoms with Crippen LogP contribution in [0.3, 0.4) is 0 Å². The van der Waals surface area contributed by atoms with Crippen LogP contribution in [0.15, 0.2) is 27.4 Å². The van der Waals surface area contributed by atoms with E-state index in [2.05, 4.69) is 31.2 Å². The van der Waals surface area contributed by atoms with Crippen LogP contribution in [0.1, 0.15) is 30.1 Å². The molecule has 1 aliphatic rings. The summed E-state index contributed by atoms with van der Waals surface area (Å²) in [4.78, 5) is 9.04. The molecule has 1 unspecified atom stereocenters. The summed E-state index contributed by atoms with van der Waals surface area (Å²) < 4.78 is 6.19. The molecule has 94 valence electrons. The van der Waals surface area contributed by atoms with Gasteiger partial charge in [-0.25, -0.2) is 9.97 Å². The fourth-order valence-corrected chi connectivity index (χ4v) is 2.71. The van der Waals surface area contributed by atoms with Crippen LogP contribution in [0.25, 0.3) is 11.6 Å². The lowest BCUT2D eigenvalue weighted by Gasteiger charge is -2.23. The molecular formula is C13H14BrN3O. The summed E-state index contributed by atoms with van der Waals surface area (Å²) in [5.74, 6) is 1.37. The third-order valence-corrected chi connectivity index (χ3v) is 3.75. The summed E-state index contributed by atoms with van der Waals surface area (Å²) in [6, 6.07) is 4.12. The molecule has 18 heavy (non-hydrogen) atoms. The first-order valence-corrected chi connectivity index (χ1v) is 6.86. The number of aromatic nitrogens is 2. The van der Waals surface area contributed by atoms with Crippen molar-refractivity contribution in [1.29, 1.82) is 0 Å². The van der Waals surface area contributed by atoms with Crippen LogP contribution >= 0.6 is 15.9 Å². The second-order valence-corrected chi connectivity index (χ2v) is 5.21. The van der Waals surface area contributed by atoms with Crippen molar-refractivity contribution in [3.05, 3.63) is 34.3 Å². The van der Waals surface area contributed by atoms with Crippen LogP contribution in [0, 0.1) is 0 Å². The average Bonchev–Trinajstić information content (AvgIpc) is 2.84. The first-order chi connectivity index (χ1) is 8.78. The molecule has 4 nitrogen and oxygen atoms in total. The number of halogens is 1. The lowest BCUT2D eigenvalue weighted by Crippen LogP contribution is -2.22. The maximum atomic E-state index is 5.49. The number of hydrogen-bond acceptors (Lipinski definition) is 4. The Bertz CT molecular complexity index is 567. The molecule has 2 heterocycles. The van der Waals surface area contributed by atoms with Crippen LogP contribution in [-0.4, -0.2) is 17.0 Å². The van der Waals surface area contributed by atoms with Crippen molar-refractivity contribution in [2.24, 2.45) is 0 Å². The van der Waals surface area contributed by atoms with Gasteiger partial charge in [-0.2, -0.15) is 0 Å². The molecule has 0 amide bonds. The van der Waals surface area contributed by atoms with E-state index >= 15 is 0 Å². The highest BCUT2D eigenvalue weighted by Crippen LogP contribution is 2.30. The summed E-state index contributed by atoms with van der Waals surface area (Å²) in [5.41, 5.74) is 2.36. The van der Waals surface area contributed by atoms with Crippen molar-refractivity contribution < 1.29 is 4.42 Å². The third kappa shape index (κ3) is 2.08. The van der Waals surface area contributed by atoms with Gasteiger partial charge in [0.1, 0.15) is 0 Å². The van der Waals surface area contributed by atoms with E-state index < -0.39 is 0 Å². The van der Waals surface area contributed by atoms with Crippen molar-refractivity contribution in [1.82, 2.24) is 15.3 Å². The Kier molecular flexibility index (Phi) is 3.18. The molecule has 0 bridgehead atoms. The molecule has 0 aliphatic heterocycles. The molecule has 2 aromatic rings. The Morgan fingerprint density at radius 3 is 3.06 bits per heavy atom. The van der Waals surface area contributed by atoms with Crippen LogP contribution in [-0.2, 0) is 6.42 Å². The van der Waals surface area contributed by atoms with Crippen molar-refractivity contribution >= 4 is 15.9 Å². The van der Waals surface area contributed by atoms with Crippen LogP contribution < -0.4 is 5.32 Å². The Morgan fingerprint density at radius 2 is 2.33 bits per heavy atom. The van der Waals surface area contributed by atoms with Gasteiger partial charge < -0.3 is 9.73 Å². The van der Waals surface area contributed by atoms with Crippen molar-refractivity contribution in [3.63, 3.8) is 0 Å². The van der Waals surface area contributed by atoms with E-state index in [1.165, 1.54) is 5.56 Å². The average molecular weight is 308 g/mol. The molecule has 1 atom stereocenters. The maximum absolute atomic E-state index is 5.49. The van der Waals surface area contributed by atoms with Crippen LogP contribution in [0.5, 0.6) is 0 Å². The zero-order valence-electron chi connectivity index (χ0n) is 10.1. The van der Waals surface area contributed by atoms with E-state index in [4.69, 9.17) is 4.42 Å². The van der Waals surface area contributed by atoms with Crippen LogP contribution in [0.4, 0.5) is 0 Å². The van der Waals surface area contributed by atoms with Gasteiger partial charge in [0, 0.05) is 23.5 Å². The molecule has 0 spiro atoms. The molecule has 1 aliphatic carbocycles.